The van der Waals surface area contributed by atoms with Gasteiger partial charge in [-0.25, -0.2) is 0 Å². The third-order valence-corrected chi connectivity index (χ3v) is 6.69. The van der Waals surface area contributed by atoms with Crippen LogP contribution in [0.1, 0.15) is 35.1 Å². The molecule has 0 saturated carbocycles. The van der Waals surface area contributed by atoms with Crippen molar-refractivity contribution in [1.82, 2.24) is 9.80 Å². The fourth-order valence-corrected chi connectivity index (χ4v) is 4.73. The molecule has 2 amide bonds. The average molecular weight is 421 g/mol. The van der Waals surface area contributed by atoms with Crippen LogP contribution in [0.15, 0.2) is 48.5 Å². The van der Waals surface area contributed by atoms with Crippen molar-refractivity contribution in [2.24, 2.45) is 0 Å². The minimum atomic E-state index is 0.0115. The van der Waals surface area contributed by atoms with Crippen molar-refractivity contribution in [2.45, 2.75) is 38.6 Å². The molecule has 0 unspecified atom stereocenters. The standard InChI is InChI=1S/C26H33N3O2/c1-27(25(30)18-22-11-12-23-9-5-6-10-24(23)17-22)20-26(31)29-15-13-28(14-16-29)19-21-7-3-2-4-8-21/h2-4,7-8,11-12,17H,5-6,9-10,13-16,18-20H2,1H3/p+1. The van der Waals surface area contributed by atoms with Crippen LogP contribution in [-0.2, 0) is 35.4 Å². The molecule has 5 nitrogen and oxygen atoms in total. The van der Waals surface area contributed by atoms with Crippen molar-refractivity contribution < 1.29 is 14.5 Å². The molecular weight excluding hydrogens is 386 g/mol. The molecule has 164 valence electrons. The number of hydrogen-bond acceptors (Lipinski definition) is 2. The fourth-order valence-electron chi connectivity index (χ4n) is 4.73. The van der Waals surface area contributed by atoms with E-state index in [2.05, 4.69) is 42.5 Å². The Morgan fingerprint density at radius 2 is 1.65 bits per heavy atom. The van der Waals surface area contributed by atoms with Crippen LogP contribution in [0.4, 0.5) is 0 Å². The van der Waals surface area contributed by atoms with E-state index >= 15 is 0 Å². The quantitative estimate of drug-likeness (QED) is 0.770. The van der Waals surface area contributed by atoms with Gasteiger partial charge in [-0.1, -0.05) is 48.5 Å². The zero-order valence-corrected chi connectivity index (χ0v) is 18.6. The van der Waals surface area contributed by atoms with Gasteiger partial charge >= 0.3 is 0 Å². The number of carbonyl (C=O) groups excluding carboxylic acids is 2. The maximum atomic E-state index is 12.7. The molecule has 4 rings (SSSR count). The van der Waals surface area contributed by atoms with Crippen molar-refractivity contribution in [3.8, 4) is 0 Å². The molecular formula is C26H34N3O2+. The number of nitrogens with one attached hydrogen (secondary N) is 1. The van der Waals surface area contributed by atoms with Gasteiger partial charge in [-0.05, 0) is 42.4 Å². The number of fused-ring (bicyclic) bond motifs is 1. The molecule has 1 fully saturated rings. The highest BCUT2D eigenvalue weighted by Crippen LogP contribution is 2.22. The third-order valence-electron chi connectivity index (χ3n) is 6.69. The van der Waals surface area contributed by atoms with Gasteiger partial charge in [0.05, 0.1) is 39.1 Å². The number of likely N-dealkylation sites (N-methyl/N-ethyl adjacent to an activating group) is 1. The summed E-state index contributed by atoms with van der Waals surface area (Å²) in [7, 11) is 1.75. The summed E-state index contributed by atoms with van der Waals surface area (Å²) in [6.07, 6.45) is 5.13. The molecule has 0 radical (unpaired) electrons. The van der Waals surface area contributed by atoms with Gasteiger partial charge in [0.1, 0.15) is 6.54 Å². The van der Waals surface area contributed by atoms with E-state index in [9.17, 15) is 9.59 Å². The van der Waals surface area contributed by atoms with Crippen LogP contribution in [0.2, 0.25) is 0 Å². The Balaban J connectivity index is 1.23. The molecule has 1 saturated heterocycles. The largest absolute Gasteiger partial charge is 0.336 e. The predicted octanol–water partition coefficient (Wildman–Crippen LogP) is 1.49. The van der Waals surface area contributed by atoms with Crippen LogP contribution in [0.25, 0.3) is 0 Å². The molecule has 2 aliphatic rings. The number of amides is 2. The number of carbonyl (C=O) groups is 2. The molecule has 5 heteroatoms. The van der Waals surface area contributed by atoms with Gasteiger partial charge in [-0.2, -0.15) is 0 Å². The Labute approximate surface area is 185 Å². The van der Waals surface area contributed by atoms with Gasteiger partial charge in [-0.15, -0.1) is 0 Å². The van der Waals surface area contributed by atoms with Gasteiger partial charge in [0.2, 0.25) is 11.8 Å². The lowest BCUT2D eigenvalue weighted by Gasteiger charge is -2.33. The van der Waals surface area contributed by atoms with Crippen LogP contribution in [0.5, 0.6) is 0 Å². The van der Waals surface area contributed by atoms with E-state index in [1.807, 2.05) is 11.0 Å². The van der Waals surface area contributed by atoms with Crippen molar-refractivity contribution in [3.63, 3.8) is 0 Å². The summed E-state index contributed by atoms with van der Waals surface area (Å²) in [5, 5.41) is 0. The average Bonchev–Trinajstić information content (AvgIpc) is 2.80. The second-order valence-corrected chi connectivity index (χ2v) is 9.03. The van der Waals surface area contributed by atoms with Crippen LogP contribution in [0.3, 0.4) is 0 Å². The number of benzene rings is 2. The number of quaternary nitrogens is 1. The maximum Gasteiger partial charge on any atom is 0.242 e. The van der Waals surface area contributed by atoms with E-state index in [1.54, 1.807) is 11.9 Å². The van der Waals surface area contributed by atoms with Crippen LogP contribution < -0.4 is 4.90 Å². The van der Waals surface area contributed by atoms with E-state index in [4.69, 9.17) is 0 Å². The van der Waals surface area contributed by atoms with Crippen molar-refractivity contribution in [2.75, 3.05) is 39.8 Å². The molecule has 0 spiro atoms. The molecule has 0 bridgehead atoms. The lowest BCUT2D eigenvalue weighted by Crippen LogP contribution is -3.13. The first-order valence-corrected chi connectivity index (χ1v) is 11.6. The maximum absolute atomic E-state index is 12.7. The summed E-state index contributed by atoms with van der Waals surface area (Å²) >= 11 is 0. The SMILES string of the molecule is CN(CC(=O)N1CC[NH+](Cc2ccccc2)CC1)C(=O)Cc1ccc2c(c1)CCCC2. The van der Waals surface area contributed by atoms with Gasteiger partial charge in [0, 0.05) is 12.6 Å². The Morgan fingerprint density at radius 1 is 0.935 bits per heavy atom. The summed E-state index contributed by atoms with van der Waals surface area (Å²) in [5.41, 5.74) is 5.22. The first kappa shape index (κ1) is 21.6. The Kier molecular flexibility index (Phi) is 7.03. The van der Waals surface area contributed by atoms with E-state index in [0.717, 1.165) is 51.1 Å². The predicted molar refractivity (Wildman–Crippen MR) is 122 cm³/mol. The highest BCUT2D eigenvalue weighted by atomic mass is 16.2. The molecule has 1 aliphatic heterocycles. The Bertz CT molecular complexity index is 904. The second kappa shape index (κ2) is 10.1. The first-order valence-electron chi connectivity index (χ1n) is 11.6. The zero-order chi connectivity index (χ0) is 21.6. The number of piperazine rings is 1. The van der Waals surface area contributed by atoms with Gasteiger partial charge in [0.25, 0.3) is 0 Å². The summed E-state index contributed by atoms with van der Waals surface area (Å²) in [5.74, 6) is 0.0671. The Hall–Kier alpha value is -2.66. The summed E-state index contributed by atoms with van der Waals surface area (Å²) in [4.78, 5) is 30.5. The van der Waals surface area contributed by atoms with Crippen molar-refractivity contribution in [3.05, 3.63) is 70.8 Å². The third kappa shape index (κ3) is 5.73. The van der Waals surface area contributed by atoms with E-state index in [1.165, 1.54) is 34.4 Å². The normalized spacial score (nSPS) is 16.6. The van der Waals surface area contributed by atoms with Gasteiger partial charge in [-0.3, -0.25) is 9.59 Å². The first-order chi connectivity index (χ1) is 15.1. The lowest BCUT2D eigenvalue weighted by atomic mass is 9.90. The molecule has 1 N–H and O–H groups in total. The zero-order valence-electron chi connectivity index (χ0n) is 18.6. The van der Waals surface area contributed by atoms with E-state index in [0.29, 0.717) is 6.42 Å². The highest BCUT2D eigenvalue weighted by molar-refractivity contribution is 5.85. The van der Waals surface area contributed by atoms with Crippen LogP contribution in [-0.4, -0.2) is 61.4 Å². The summed E-state index contributed by atoms with van der Waals surface area (Å²) < 4.78 is 0. The smallest absolute Gasteiger partial charge is 0.242 e. The van der Waals surface area contributed by atoms with Crippen LogP contribution in [0, 0.1) is 0 Å². The van der Waals surface area contributed by atoms with Gasteiger partial charge in [0.15, 0.2) is 0 Å². The molecule has 0 aromatic heterocycles. The molecule has 1 aliphatic carbocycles. The monoisotopic (exact) mass is 420 g/mol. The summed E-state index contributed by atoms with van der Waals surface area (Å²) in [6.45, 7) is 4.59. The minimum absolute atomic E-state index is 0.0115. The molecule has 0 atom stereocenters. The molecule has 2 aromatic rings. The van der Waals surface area contributed by atoms with Crippen molar-refractivity contribution >= 4 is 11.8 Å². The second-order valence-electron chi connectivity index (χ2n) is 9.03. The number of rotatable bonds is 6. The fraction of sp³-hybridized carbons (Fsp3) is 0.462. The number of hydrogen-bond donors (Lipinski definition) is 1. The molecule has 31 heavy (non-hydrogen) atoms. The minimum Gasteiger partial charge on any atom is -0.336 e. The number of aryl methyl sites for hydroxylation is 2. The highest BCUT2D eigenvalue weighted by Gasteiger charge is 2.25. The summed E-state index contributed by atoms with van der Waals surface area (Å²) in [6, 6.07) is 17.0. The van der Waals surface area contributed by atoms with Crippen molar-refractivity contribution in [1.29, 1.82) is 0 Å². The number of nitrogens with zero attached hydrogens (tertiary/aromatic N) is 2. The Morgan fingerprint density at radius 3 is 2.39 bits per heavy atom. The van der Waals surface area contributed by atoms with Gasteiger partial charge < -0.3 is 14.7 Å². The molecule has 2 aromatic carbocycles. The van der Waals surface area contributed by atoms with E-state index < -0.39 is 0 Å². The topological polar surface area (TPSA) is 45.1 Å². The van der Waals surface area contributed by atoms with Crippen LogP contribution >= 0.6 is 0 Å². The molecule has 1 heterocycles. The van der Waals surface area contributed by atoms with E-state index in [-0.39, 0.29) is 18.4 Å². The lowest BCUT2D eigenvalue weighted by molar-refractivity contribution is -0.917.